The summed E-state index contributed by atoms with van der Waals surface area (Å²) in [6.07, 6.45) is -3.24. The Bertz CT molecular complexity index is 644. The first kappa shape index (κ1) is 14.3. The monoisotopic (exact) mass is 300 g/mol. The van der Waals surface area contributed by atoms with Gasteiger partial charge in [0.2, 0.25) is 0 Å². The second-order valence-electron chi connectivity index (χ2n) is 3.83. The summed E-state index contributed by atoms with van der Waals surface area (Å²) in [6, 6.07) is 7.52. The van der Waals surface area contributed by atoms with Crippen molar-refractivity contribution in [3.63, 3.8) is 0 Å². The molecule has 0 saturated carbocycles. The highest BCUT2D eigenvalue weighted by molar-refractivity contribution is 6.33. The molecule has 1 aromatic carbocycles. The third kappa shape index (κ3) is 3.08. The minimum Gasteiger partial charge on any atom is -0.305 e. The van der Waals surface area contributed by atoms with Gasteiger partial charge in [0.05, 0.1) is 16.1 Å². The number of benzene rings is 1. The van der Waals surface area contributed by atoms with Crippen LogP contribution in [0.15, 0.2) is 42.6 Å². The molecule has 104 valence electrons. The summed E-state index contributed by atoms with van der Waals surface area (Å²) in [7, 11) is 0. The molecule has 1 aromatic heterocycles. The van der Waals surface area contributed by atoms with Crippen molar-refractivity contribution < 1.29 is 18.0 Å². The molecule has 0 aliphatic rings. The van der Waals surface area contributed by atoms with E-state index < -0.39 is 23.2 Å². The minimum absolute atomic E-state index is 0.0103. The Balaban J connectivity index is 2.34. The van der Waals surface area contributed by atoms with Crippen LogP contribution in [0.4, 0.5) is 19.0 Å². The van der Waals surface area contributed by atoms with Gasteiger partial charge in [0.15, 0.2) is 5.82 Å². The van der Waals surface area contributed by atoms with Gasteiger partial charge in [-0.1, -0.05) is 23.7 Å². The van der Waals surface area contributed by atoms with Crippen LogP contribution in [-0.4, -0.2) is 10.9 Å². The van der Waals surface area contributed by atoms with Gasteiger partial charge in [-0.15, -0.1) is 0 Å². The lowest BCUT2D eigenvalue weighted by Crippen LogP contribution is -2.19. The maximum atomic E-state index is 12.8. The zero-order valence-corrected chi connectivity index (χ0v) is 10.7. The summed E-state index contributed by atoms with van der Waals surface area (Å²) < 4.78 is 38.4. The number of rotatable bonds is 2. The molecule has 2 rings (SSSR count). The van der Waals surface area contributed by atoms with E-state index in [1.165, 1.54) is 24.4 Å². The molecule has 0 spiro atoms. The van der Waals surface area contributed by atoms with E-state index in [1.807, 2.05) is 0 Å². The fourth-order valence-corrected chi connectivity index (χ4v) is 1.75. The molecule has 1 N–H and O–H groups in total. The van der Waals surface area contributed by atoms with Gasteiger partial charge in [0, 0.05) is 6.20 Å². The van der Waals surface area contributed by atoms with Gasteiger partial charge in [-0.25, -0.2) is 4.98 Å². The number of halogens is 4. The average Bonchev–Trinajstić information content (AvgIpc) is 2.40. The molecular weight excluding hydrogens is 293 g/mol. The number of hydrogen-bond acceptors (Lipinski definition) is 2. The maximum Gasteiger partial charge on any atom is 0.417 e. The van der Waals surface area contributed by atoms with Crippen molar-refractivity contribution in [2.24, 2.45) is 0 Å². The number of hydrogen-bond donors (Lipinski definition) is 1. The Labute approximate surface area is 117 Å². The van der Waals surface area contributed by atoms with Crippen LogP contribution < -0.4 is 5.32 Å². The van der Waals surface area contributed by atoms with Gasteiger partial charge in [-0.05, 0) is 24.3 Å². The zero-order valence-electron chi connectivity index (χ0n) is 9.91. The van der Waals surface area contributed by atoms with E-state index >= 15 is 0 Å². The van der Waals surface area contributed by atoms with Crippen molar-refractivity contribution in [1.82, 2.24) is 4.98 Å². The Kier molecular flexibility index (Phi) is 3.94. The minimum atomic E-state index is -4.61. The molecule has 20 heavy (non-hydrogen) atoms. The van der Waals surface area contributed by atoms with Gasteiger partial charge in [-0.3, -0.25) is 4.79 Å². The molecule has 0 aliphatic carbocycles. The number of pyridine rings is 1. The first-order valence-corrected chi connectivity index (χ1v) is 5.85. The van der Waals surface area contributed by atoms with Crippen LogP contribution in [0.1, 0.15) is 15.9 Å². The lowest BCUT2D eigenvalue weighted by atomic mass is 10.1. The second-order valence-corrected chi connectivity index (χ2v) is 4.24. The van der Waals surface area contributed by atoms with E-state index in [0.29, 0.717) is 0 Å². The summed E-state index contributed by atoms with van der Waals surface area (Å²) >= 11 is 5.79. The van der Waals surface area contributed by atoms with Gasteiger partial charge in [0.1, 0.15) is 0 Å². The van der Waals surface area contributed by atoms with Gasteiger partial charge >= 0.3 is 6.18 Å². The van der Waals surface area contributed by atoms with E-state index in [-0.39, 0.29) is 10.8 Å². The van der Waals surface area contributed by atoms with Crippen LogP contribution in [0.2, 0.25) is 5.02 Å². The molecule has 0 unspecified atom stereocenters. The van der Waals surface area contributed by atoms with Crippen LogP contribution in [0, 0.1) is 0 Å². The van der Waals surface area contributed by atoms with Gasteiger partial charge < -0.3 is 5.32 Å². The predicted molar refractivity (Wildman–Crippen MR) is 68.6 cm³/mol. The summed E-state index contributed by atoms with van der Waals surface area (Å²) in [4.78, 5) is 15.7. The quantitative estimate of drug-likeness (QED) is 0.910. The number of amides is 1. The Morgan fingerprint density at radius 1 is 1.15 bits per heavy atom. The fraction of sp³-hybridized carbons (Fsp3) is 0.0769. The van der Waals surface area contributed by atoms with Crippen molar-refractivity contribution in [3.05, 3.63) is 58.7 Å². The molecule has 0 saturated heterocycles. The molecule has 0 aliphatic heterocycles. The molecule has 7 heteroatoms. The number of nitrogens with zero attached hydrogens (tertiary/aromatic N) is 1. The topological polar surface area (TPSA) is 42.0 Å². The number of carbonyl (C=O) groups excluding carboxylic acids is 1. The first-order chi connectivity index (χ1) is 9.39. The first-order valence-electron chi connectivity index (χ1n) is 5.47. The van der Waals surface area contributed by atoms with Crippen LogP contribution in [-0.2, 0) is 6.18 Å². The Hall–Kier alpha value is -2.08. The molecule has 3 nitrogen and oxygen atoms in total. The molecular formula is C13H8ClF3N2O. The van der Waals surface area contributed by atoms with Gasteiger partial charge in [0.25, 0.3) is 5.91 Å². The summed E-state index contributed by atoms with van der Waals surface area (Å²) in [6.45, 7) is 0. The number of anilines is 1. The smallest absolute Gasteiger partial charge is 0.305 e. The molecule has 2 aromatic rings. The zero-order chi connectivity index (χ0) is 14.8. The summed E-state index contributed by atoms with van der Waals surface area (Å²) in [5.74, 6) is -0.908. The van der Waals surface area contributed by atoms with E-state index in [1.54, 1.807) is 6.07 Å². The summed E-state index contributed by atoms with van der Waals surface area (Å²) in [5.41, 5.74) is -1.49. The van der Waals surface area contributed by atoms with Gasteiger partial charge in [-0.2, -0.15) is 13.2 Å². The average molecular weight is 301 g/mol. The Morgan fingerprint density at radius 3 is 2.50 bits per heavy atom. The third-order valence-electron chi connectivity index (χ3n) is 2.47. The highest BCUT2D eigenvalue weighted by atomic mass is 35.5. The number of carbonyl (C=O) groups is 1. The third-order valence-corrected chi connectivity index (χ3v) is 2.77. The summed E-state index contributed by atoms with van der Waals surface area (Å²) in [5, 5.41) is 2.40. The largest absolute Gasteiger partial charge is 0.417 e. The number of aromatic nitrogens is 1. The SMILES string of the molecule is O=C(Nc1ncccc1Cl)c1ccccc1C(F)(F)F. The van der Waals surface area contributed by atoms with Crippen LogP contribution in [0.25, 0.3) is 0 Å². The lowest BCUT2D eigenvalue weighted by Gasteiger charge is -2.12. The lowest BCUT2D eigenvalue weighted by molar-refractivity contribution is -0.137. The molecule has 0 bridgehead atoms. The highest BCUT2D eigenvalue weighted by Gasteiger charge is 2.34. The van der Waals surface area contributed by atoms with Crippen molar-refractivity contribution in [2.75, 3.05) is 5.32 Å². The number of alkyl halides is 3. The maximum absolute atomic E-state index is 12.8. The van der Waals surface area contributed by atoms with Crippen LogP contribution in [0.3, 0.4) is 0 Å². The molecule has 1 heterocycles. The second kappa shape index (κ2) is 5.50. The molecule has 1 amide bonds. The van der Waals surface area contributed by atoms with E-state index in [4.69, 9.17) is 11.6 Å². The molecule has 0 atom stereocenters. The van der Waals surface area contributed by atoms with E-state index in [0.717, 1.165) is 12.1 Å². The normalized spacial score (nSPS) is 11.2. The fourth-order valence-electron chi connectivity index (χ4n) is 1.58. The van der Waals surface area contributed by atoms with Crippen molar-refractivity contribution in [3.8, 4) is 0 Å². The van der Waals surface area contributed by atoms with Crippen LogP contribution in [0.5, 0.6) is 0 Å². The van der Waals surface area contributed by atoms with E-state index in [9.17, 15) is 18.0 Å². The Morgan fingerprint density at radius 2 is 1.85 bits per heavy atom. The van der Waals surface area contributed by atoms with Crippen molar-refractivity contribution in [2.45, 2.75) is 6.18 Å². The van der Waals surface area contributed by atoms with Crippen molar-refractivity contribution in [1.29, 1.82) is 0 Å². The highest BCUT2D eigenvalue weighted by Crippen LogP contribution is 2.32. The van der Waals surface area contributed by atoms with E-state index in [2.05, 4.69) is 10.3 Å². The van der Waals surface area contributed by atoms with Crippen molar-refractivity contribution >= 4 is 23.3 Å². The standard InChI is InChI=1S/C13H8ClF3N2O/c14-10-6-3-7-18-11(10)19-12(20)8-4-1-2-5-9(8)13(15,16)17/h1-7H,(H,18,19,20). The van der Waals surface area contributed by atoms with Crippen LogP contribution >= 0.6 is 11.6 Å². The predicted octanol–water partition coefficient (Wildman–Crippen LogP) is 4.01. The number of nitrogens with one attached hydrogen (secondary N) is 1. The molecule has 0 radical (unpaired) electrons. The molecule has 0 fully saturated rings.